The van der Waals surface area contributed by atoms with Gasteiger partial charge in [0, 0.05) is 12.1 Å². The number of hydrogen-bond acceptors (Lipinski definition) is 4. The highest BCUT2D eigenvalue weighted by molar-refractivity contribution is 6.06. The van der Waals surface area contributed by atoms with E-state index < -0.39 is 4.92 Å². The molecule has 0 bridgehead atoms. The molecule has 72 valence electrons. The number of aldehydes is 1. The number of carbonyl (C=O) groups excluding carboxylic acids is 1. The van der Waals surface area contributed by atoms with Crippen molar-refractivity contribution in [3.8, 4) is 0 Å². The summed E-state index contributed by atoms with van der Waals surface area (Å²) in [5, 5.41) is 18.9. The summed E-state index contributed by atoms with van der Waals surface area (Å²) in [5.74, 6) is 0. The number of nitro groups is 1. The molecule has 5 heteroatoms. The predicted octanol–water partition coefficient (Wildman–Crippen LogP) is 1.69. The summed E-state index contributed by atoms with van der Waals surface area (Å²) in [6.07, 6.45) is 1.13. The lowest BCUT2D eigenvalue weighted by Gasteiger charge is -1.97. The Morgan fingerprint density at radius 3 is 2.29 bits per heavy atom. The van der Waals surface area contributed by atoms with Crippen LogP contribution in [-0.2, 0) is 4.79 Å². The van der Waals surface area contributed by atoms with E-state index in [4.69, 9.17) is 5.11 Å². The van der Waals surface area contributed by atoms with E-state index >= 15 is 0 Å². The van der Waals surface area contributed by atoms with Gasteiger partial charge in [-0.25, -0.2) is 0 Å². The smallest absolute Gasteiger partial charge is 0.269 e. The third-order valence-electron chi connectivity index (χ3n) is 1.68. The summed E-state index contributed by atoms with van der Waals surface area (Å²) >= 11 is 0. The van der Waals surface area contributed by atoms with E-state index in [1.807, 2.05) is 0 Å². The molecule has 14 heavy (non-hydrogen) atoms. The standard InChI is InChI=1S/C9H7NO4/c11-5-8(6-12)7-1-3-9(4-2-7)10(13)14/h1-6,11H/b8-5-. The molecule has 0 aromatic heterocycles. The van der Waals surface area contributed by atoms with Gasteiger partial charge in [0.25, 0.3) is 5.69 Å². The Morgan fingerprint density at radius 1 is 1.36 bits per heavy atom. The van der Waals surface area contributed by atoms with E-state index in [0.29, 0.717) is 18.1 Å². The zero-order chi connectivity index (χ0) is 10.6. The van der Waals surface area contributed by atoms with Crippen LogP contribution in [0.15, 0.2) is 30.5 Å². The monoisotopic (exact) mass is 193 g/mol. The van der Waals surface area contributed by atoms with Crippen molar-refractivity contribution in [1.82, 2.24) is 0 Å². The van der Waals surface area contributed by atoms with E-state index in [-0.39, 0.29) is 11.3 Å². The van der Waals surface area contributed by atoms with Crippen LogP contribution < -0.4 is 0 Å². The summed E-state index contributed by atoms with van der Waals surface area (Å²) in [7, 11) is 0. The van der Waals surface area contributed by atoms with Gasteiger partial charge in [0.1, 0.15) is 0 Å². The van der Waals surface area contributed by atoms with Gasteiger partial charge in [-0.2, -0.15) is 0 Å². The van der Waals surface area contributed by atoms with Gasteiger partial charge < -0.3 is 5.11 Å². The average Bonchev–Trinajstić information content (AvgIpc) is 2.20. The minimum absolute atomic E-state index is 0.0584. The molecule has 1 aromatic rings. The molecule has 0 aliphatic heterocycles. The second-order valence-corrected chi connectivity index (χ2v) is 2.51. The Morgan fingerprint density at radius 2 is 1.93 bits per heavy atom. The van der Waals surface area contributed by atoms with E-state index in [2.05, 4.69) is 0 Å². The summed E-state index contributed by atoms with van der Waals surface area (Å²) < 4.78 is 0. The first-order chi connectivity index (χ1) is 6.69. The summed E-state index contributed by atoms with van der Waals surface area (Å²) in [6.45, 7) is 0. The number of aliphatic hydroxyl groups excluding tert-OH is 1. The molecule has 0 amide bonds. The van der Waals surface area contributed by atoms with Crippen LogP contribution in [0.5, 0.6) is 0 Å². The van der Waals surface area contributed by atoms with Crippen LogP contribution in [-0.4, -0.2) is 16.3 Å². The minimum atomic E-state index is -0.535. The first kappa shape index (κ1) is 9.91. The second-order valence-electron chi connectivity index (χ2n) is 2.51. The lowest BCUT2D eigenvalue weighted by Crippen LogP contribution is -1.89. The van der Waals surface area contributed by atoms with Gasteiger partial charge in [-0.15, -0.1) is 0 Å². The molecule has 0 heterocycles. The van der Waals surface area contributed by atoms with Crippen LogP contribution in [0.25, 0.3) is 5.57 Å². The summed E-state index contributed by atoms with van der Waals surface area (Å²) in [6, 6.07) is 5.33. The Labute approximate surface area is 79.4 Å². The van der Waals surface area contributed by atoms with Gasteiger partial charge >= 0.3 is 0 Å². The highest BCUT2D eigenvalue weighted by Gasteiger charge is 2.05. The molecule has 5 nitrogen and oxygen atoms in total. The largest absolute Gasteiger partial charge is 0.515 e. The summed E-state index contributed by atoms with van der Waals surface area (Å²) in [4.78, 5) is 20.2. The Hall–Kier alpha value is -2.17. The fraction of sp³-hybridized carbons (Fsp3) is 0. The van der Waals surface area contributed by atoms with Crippen molar-refractivity contribution in [1.29, 1.82) is 0 Å². The van der Waals surface area contributed by atoms with Crippen LogP contribution in [0.1, 0.15) is 5.56 Å². The molecule has 0 aliphatic carbocycles. The van der Waals surface area contributed by atoms with Gasteiger partial charge in [0.2, 0.25) is 0 Å². The van der Waals surface area contributed by atoms with E-state index in [0.717, 1.165) is 0 Å². The molecule has 0 saturated heterocycles. The zero-order valence-corrected chi connectivity index (χ0v) is 7.08. The van der Waals surface area contributed by atoms with Crippen molar-refractivity contribution in [2.45, 2.75) is 0 Å². The van der Waals surface area contributed by atoms with E-state index in [9.17, 15) is 14.9 Å². The molecule has 0 aliphatic rings. The molecular formula is C9H7NO4. The predicted molar refractivity (Wildman–Crippen MR) is 49.8 cm³/mol. The quantitative estimate of drug-likeness (QED) is 0.260. The van der Waals surface area contributed by atoms with Gasteiger partial charge in [-0.1, -0.05) is 0 Å². The SMILES string of the molecule is O=C/C(=C/O)c1ccc([N+](=O)[O-])cc1. The number of rotatable bonds is 3. The third kappa shape index (κ3) is 1.95. The highest BCUT2D eigenvalue weighted by atomic mass is 16.6. The van der Waals surface area contributed by atoms with Crippen LogP contribution in [0.3, 0.4) is 0 Å². The van der Waals surface area contributed by atoms with Crippen LogP contribution in [0.4, 0.5) is 5.69 Å². The lowest BCUT2D eigenvalue weighted by atomic mass is 10.1. The maximum atomic E-state index is 10.4. The lowest BCUT2D eigenvalue weighted by molar-refractivity contribution is -0.384. The number of carbonyl (C=O) groups is 1. The Kier molecular flexibility index (Phi) is 2.96. The maximum Gasteiger partial charge on any atom is 0.269 e. The Bertz CT molecular complexity index is 380. The van der Waals surface area contributed by atoms with Crippen molar-refractivity contribution in [3.05, 3.63) is 46.2 Å². The first-order valence-electron chi connectivity index (χ1n) is 3.73. The van der Waals surface area contributed by atoms with Crippen molar-refractivity contribution in [2.75, 3.05) is 0 Å². The highest BCUT2D eigenvalue weighted by Crippen LogP contribution is 2.16. The third-order valence-corrected chi connectivity index (χ3v) is 1.68. The number of aliphatic hydroxyl groups is 1. The first-order valence-corrected chi connectivity index (χ1v) is 3.73. The van der Waals surface area contributed by atoms with Crippen LogP contribution >= 0.6 is 0 Å². The molecule has 0 spiro atoms. The van der Waals surface area contributed by atoms with E-state index in [1.165, 1.54) is 24.3 Å². The normalized spacial score (nSPS) is 11.0. The molecule has 0 unspecified atom stereocenters. The fourth-order valence-electron chi connectivity index (χ4n) is 0.949. The molecule has 0 fully saturated rings. The topological polar surface area (TPSA) is 80.4 Å². The van der Waals surface area contributed by atoms with Gasteiger partial charge in [-0.05, 0) is 17.7 Å². The molecule has 1 N–H and O–H groups in total. The fourth-order valence-corrected chi connectivity index (χ4v) is 0.949. The van der Waals surface area contributed by atoms with Gasteiger partial charge in [0.15, 0.2) is 6.29 Å². The molecule has 1 aromatic carbocycles. The molecule has 1 rings (SSSR count). The maximum absolute atomic E-state index is 10.4. The number of hydrogen-bond donors (Lipinski definition) is 1. The van der Waals surface area contributed by atoms with Crippen molar-refractivity contribution in [3.63, 3.8) is 0 Å². The minimum Gasteiger partial charge on any atom is -0.515 e. The van der Waals surface area contributed by atoms with E-state index in [1.54, 1.807) is 0 Å². The molecule has 0 atom stereocenters. The van der Waals surface area contributed by atoms with Gasteiger partial charge in [0.05, 0.1) is 16.8 Å². The second kappa shape index (κ2) is 4.18. The average molecular weight is 193 g/mol. The number of allylic oxidation sites excluding steroid dienone is 1. The van der Waals surface area contributed by atoms with Crippen molar-refractivity contribution >= 4 is 17.5 Å². The number of non-ortho nitro benzene ring substituents is 1. The summed E-state index contributed by atoms with van der Waals surface area (Å²) in [5.41, 5.74) is 0.463. The molecule has 0 saturated carbocycles. The number of nitrogens with zero attached hydrogens (tertiary/aromatic N) is 1. The number of benzene rings is 1. The molecule has 0 radical (unpaired) electrons. The van der Waals surface area contributed by atoms with Crippen LogP contribution in [0.2, 0.25) is 0 Å². The van der Waals surface area contributed by atoms with Crippen molar-refractivity contribution in [2.24, 2.45) is 0 Å². The number of nitro benzene ring substituents is 1. The zero-order valence-electron chi connectivity index (χ0n) is 7.08. The van der Waals surface area contributed by atoms with Crippen molar-refractivity contribution < 1.29 is 14.8 Å². The van der Waals surface area contributed by atoms with Gasteiger partial charge in [-0.3, -0.25) is 14.9 Å². The Balaban J connectivity index is 3.05. The molecular weight excluding hydrogens is 186 g/mol. The van der Waals surface area contributed by atoms with Crippen LogP contribution in [0, 0.1) is 10.1 Å².